The second kappa shape index (κ2) is 9.19. The molecule has 0 aliphatic rings. The van der Waals surface area contributed by atoms with Crippen LogP contribution in [0.25, 0.3) is 0 Å². The van der Waals surface area contributed by atoms with E-state index >= 15 is 0 Å². The quantitative estimate of drug-likeness (QED) is 0.415. The Labute approximate surface area is 153 Å². The summed E-state index contributed by atoms with van der Waals surface area (Å²) in [6.07, 6.45) is -4.76. The Balaban J connectivity index is 2.69. The maximum Gasteiger partial charge on any atom is 0.416 e. The van der Waals surface area contributed by atoms with Gasteiger partial charge in [-0.1, -0.05) is 6.92 Å². The van der Waals surface area contributed by atoms with Gasteiger partial charge in [-0.2, -0.15) is 13.2 Å². The van der Waals surface area contributed by atoms with E-state index in [4.69, 9.17) is 0 Å². The van der Waals surface area contributed by atoms with Crippen molar-refractivity contribution in [1.82, 2.24) is 4.90 Å². The van der Waals surface area contributed by atoms with Crippen molar-refractivity contribution in [2.45, 2.75) is 19.5 Å². The lowest BCUT2D eigenvalue weighted by Gasteiger charge is -2.20. The van der Waals surface area contributed by atoms with E-state index in [1.54, 1.807) is 6.92 Å². The molecule has 0 spiro atoms. The summed E-state index contributed by atoms with van der Waals surface area (Å²) in [4.78, 5) is 34.8. The van der Waals surface area contributed by atoms with Crippen molar-refractivity contribution in [1.29, 1.82) is 0 Å². The first-order valence-corrected chi connectivity index (χ1v) is 7.88. The number of hydrogen-bond acceptors (Lipinski definition) is 6. The van der Waals surface area contributed by atoms with Gasteiger partial charge in [-0.25, -0.2) is 0 Å². The fourth-order valence-electron chi connectivity index (χ4n) is 2.29. The number of benzene rings is 1. The van der Waals surface area contributed by atoms with Crippen LogP contribution in [-0.4, -0.2) is 48.9 Å². The number of esters is 1. The molecule has 0 aliphatic heterocycles. The lowest BCUT2D eigenvalue weighted by Crippen LogP contribution is -2.34. The third-order valence-corrected chi connectivity index (χ3v) is 3.75. The van der Waals surface area contributed by atoms with Crippen LogP contribution in [-0.2, 0) is 20.5 Å². The average molecular weight is 391 g/mol. The van der Waals surface area contributed by atoms with Crippen molar-refractivity contribution < 1.29 is 32.4 Å². The zero-order valence-corrected chi connectivity index (χ0v) is 15.0. The van der Waals surface area contributed by atoms with E-state index < -0.39 is 34.2 Å². The molecule has 0 saturated heterocycles. The van der Waals surface area contributed by atoms with Crippen molar-refractivity contribution in [3.8, 4) is 0 Å². The Morgan fingerprint density at radius 2 is 2.00 bits per heavy atom. The van der Waals surface area contributed by atoms with Crippen LogP contribution in [0, 0.1) is 16.0 Å². The maximum absolute atomic E-state index is 12.7. The first-order chi connectivity index (χ1) is 12.5. The van der Waals surface area contributed by atoms with Crippen molar-refractivity contribution >= 4 is 23.3 Å². The summed E-state index contributed by atoms with van der Waals surface area (Å²) >= 11 is 0. The lowest BCUT2D eigenvalue weighted by atomic mass is 10.1. The summed E-state index contributed by atoms with van der Waals surface area (Å²) in [5.41, 5.74) is -1.98. The van der Waals surface area contributed by atoms with Crippen LogP contribution in [0.5, 0.6) is 0 Å². The minimum atomic E-state index is -4.70. The van der Waals surface area contributed by atoms with Crippen LogP contribution in [0.15, 0.2) is 18.2 Å². The molecule has 1 amide bonds. The highest BCUT2D eigenvalue weighted by Crippen LogP contribution is 2.34. The predicted molar refractivity (Wildman–Crippen MR) is 90.0 cm³/mol. The van der Waals surface area contributed by atoms with Gasteiger partial charge in [0.25, 0.3) is 5.69 Å². The lowest BCUT2D eigenvalue weighted by molar-refractivity contribution is -0.384. The number of anilines is 1. The van der Waals surface area contributed by atoms with Gasteiger partial charge in [0.2, 0.25) is 5.91 Å². The normalized spacial score (nSPS) is 12.2. The Kier molecular flexibility index (Phi) is 7.56. The number of carbonyl (C=O) groups is 2. The molecule has 1 unspecified atom stereocenters. The summed E-state index contributed by atoms with van der Waals surface area (Å²) in [6.45, 7) is 1.70. The monoisotopic (exact) mass is 391 g/mol. The standard InChI is InChI=1S/C16H20F3N3O5/c1-10(15(24)27-3)9-21(2)14(23)6-7-20-12-5-4-11(16(17,18)19)8-13(12)22(25)26/h4-5,8,10,20H,6-7,9H2,1-3H3. The molecule has 1 rings (SSSR count). The van der Waals surface area contributed by atoms with E-state index in [1.807, 2.05) is 0 Å². The van der Waals surface area contributed by atoms with Gasteiger partial charge in [0.15, 0.2) is 0 Å². The molecule has 8 nitrogen and oxygen atoms in total. The minimum Gasteiger partial charge on any atom is -0.469 e. The van der Waals surface area contributed by atoms with Gasteiger partial charge in [0, 0.05) is 32.6 Å². The van der Waals surface area contributed by atoms with Crippen LogP contribution < -0.4 is 5.32 Å². The first-order valence-electron chi connectivity index (χ1n) is 7.88. The fraction of sp³-hybridized carbons (Fsp3) is 0.500. The fourth-order valence-corrected chi connectivity index (χ4v) is 2.29. The number of hydrogen-bond donors (Lipinski definition) is 1. The minimum absolute atomic E-state index is 0.0258. The topological polar surface area (TPSA) is 102 Å². The van der Waals surface area contributed by atoms with Gasteiger partial charge in [0.1, 0.15) is 5.69 Å². The summed E-state index contributed by atoms with van der Waals surface area (Å²) < 4.78 is 42.6. The smallest absolute Gasteiger partial charge is 0.416 e. The number of nitro groups is 1. The van der Waals surface area contributed by atoms with E-state index in [9.17, 15) is 32.9 Å². The molecule has 0 bridgehead atoms. The number of nitrogens with zero attached hydrogens (tertiary/aromatic N) is 2. The Morgan fingerprint density at radius 3 is 2.52 bits per heavy atom. The molecule has 1 N–H and O–H groups in total. The highest BCUT2D eigenvalue weighted by atomic mass is 19.4. The molecule has 0 aliphatic carbocycles. The van der Waals surface area contributed by atoms with Gasteiger partial charge < -0.3 is 15.0 Å². The zero-order valence-electron chi connectivity index (χ0n) is 15.0. The number of methoxy groups -OCH3 is 1. The highest BCUT2D eigenvalue weighted by Gasteiger charge is 2.33. The summed E-state index contributed by atoms with van der Waals surface area (Å²) in [6, 6.07) is 2.12. The summed E-state index contributed by atoms with van der Waals surface area (Å²) in [5, 5.41) is 13.6. The Morgan fingerprint density at radius 1 is 1.37 bits per heavy atom. The second-order valence-electron chi connectivity index (χ2n) is 5.86. The molecular formula is C16H20F3N3O5. The number of nitrogens with one attached hydrogen (secondary N) is 1. The van der Waals surface area contributed by atoms with Crippen molar-refractivity contribution in [3.63, 3.8) is 0 Å². The van der Waals surface area contributed by atoms with E-state index in [0.717, 1.165) is 12.1 Å². The van der Waals surface area contributed by atoms with Gasteiger partial charge in [-0.3, -0.25) is 19.7 Å². The SMILES string of the molecule is COC(=O)C(C)CN(C)C(=O)CCNc1ccc(C(F)(F)F)cc1[N+](=O)[O-]. The molecule has 1 aromatic carbocycles. The van der Waals surface area contributed by atoms with E-state index in [-0.39, 0.29) is 31.1 Å². The van der Waals surface area contributed by atoms with Gasteiger partial charge in [-0.15, -0.1) is 0 Å². The molecule has 0 saturated carbocycles. The maximum atomic E-state index is 12.7. The third kappa shape index (κ3) is 6.42. The largest absolute Gasteiger partial charge is 0.469 e. The second-order valence-corrected chi connectivity index (χ2v) is 5.86. The third-order valence-electron chi connectivity index (χ3n) is 3.75. The van der Waals surface area contributed by atoms with Crippen LogP contribution in [0.2, 0.25) is 0 Å². The predicted octanol–water partition coefficient (Wildman–Crippen LogP) is 2.68. The number of halogens is 3. The first kappa shape index (κ1) is 22.2. The zero-order chi connectivity index (χ0) is 20.8. The molecule has 0 radical (unpaired) electrons. The van der Waals surface area contributed by atoms with E-state index in [0.29, 0.717) is 6.07 Å². The molecule has 0 heterocycles. The molecule has 150 valence electrons. The molecule has 27 heavy (non-hydrogen) atoms. The average Bonchev–Trinajstić information content (AvgIpc) is 2.59. The summed E-state index contributed by atoms with van der Waals surface area (Å²) in [7, 11) is 2.73. The van der Waals surface area contributed by atoms with Crippen molar-refractivity contribution in [3.05, 3.63) is 33.9 Å². The Hall–Kier alpha value is -2.85. The number of nitro benzene ring substituents is 1. The van der Waals surface area contributed by atoms with Gasteiger partial charge >= 0.3 is 12.1 Å². The molecule has 0 aromatic heterocycles. The van der Waals surface area contributed by atoms with E-state index in [1.165, 1.54) is 19.1 Å². The molecule has 1 aromatic rings. The van der Waals surface area contributed by atoms with Crippen LogP contribution >= 0.6 is 0 Å². The number of carbonyl (C=O) groups excluding carboxylic acids is 2. The van der Waals surface area contributed by atoms with Crippen LogP contribution in [0.3, 0.4) is 0 Å². The molecule has 1 atom stereocenters. The molecule has 11 heteroatoms. The number of alkyl halides is 3. The molecular weight excluding hydrogens is 371 g/mol. The summed E-state index contributed by atoms with van der Waals surface area (Å²) in [5.74, 6) is -1.33. The molecule has 0 fully saturated rings. The van der Waals surface area contributed by atoms with Gasteiger partial charge in [0.05, 0.1) is 23.5 Å². The Bertz CT molecular complexity index is 709. The van der Waals surface area contributed by atoms with Crippen molar-refractivity contribution in [2.75, 3.05) is 32.6 Å². The highest BCUT2D eigenvalue weighted by molar-refractivity contribution is 5.78. The number of ether oxygens (including phenoxy) is 1. The number of rotatable bonds is 8. The van der Waals surface area contributed by atoms with E-state index in [2.05, 4.69) is 10.1 Å². The number of amides is 1. The van der Waals surface area contributed by atoms with Crippen molar-refractivity contribution in [2.24, 2.45) is 5.92 Å². The van der Waals surface area contributed by atoms with Crippen LogP contribution in [0.4, 0.5) is 24.5 Å². The van der Waals surface area contributed by atoms with Crippen LogP contribution in [0.1, 0.15) is 18.9 Å². The van der Waals surface area contributed by atoms with Gasteiger partial charge in [-0.05, 0) is 12.1 Å².